The predicted octanol–water partition coefficient (Wildman–Crippen LogP) is 4.43. The summed E-state index contributed by atoms with van der Waals surface area (Å²) in [6, 6.07) is 0. The summed E-state index contributed by atoms with van der Waals surface area (Å²) in [5, 5.41) is 0. The zero-order valence-electron chi connectivity index (χ0n) is 14.4. The molecule has 4 nitrogen and oxygen atoms in total. The Morgan fingerprint density at radius 2 is 1.27 bits per heavy atom. The minimum atomic E-state index is -0.928. The van der Waals surface area contributed by atoms with Crippen molar-refractivity contribution in [3.63, 3.8) is 0 Å². The Morgan fingerprint density at radius 1 is 0.818 bits per heavy atom. The van der Waals surface area contributed by atoms with Gasteiger partial charge in [0.2, 0.25) is 0 Å². The van der Waals surface area contributed by atoms with E-state index in [1.54, 1.807) is 19.1 Å². The van der Waals surface area contributed by atoms with Crippen molar-refractivity contribution in [2.75, 3.05) is 13.2 Å². The summed E-state index contributed by atoms with van der Waals surface area (Å²) in [6.45, 7) is 6.78. The van der Waals surface area contributed by atoms with Gasteiger partial charge < -0.3 is 9.47 Å². The third kappa shape index (κ3) is 10.4. The molecule has 0 aromatic rings. The molecule has 128 valence electrons. The minimum Gasteiger partial charge on any atom is -0.465 e. The van der Waals surface area contributed by atoms with Crippen LogP contribution in [0.2, 0.25) is 0 Å². The van der Waals surface area contributed by atoms with Gasteiger partial charge in [-0.05, 0) is 19.8 Å². The van der Waals surface area contributed by atoms with Crippen molar-refractivity contribution in [2.24, 2.45) is 5.92 Å². The molecule has 0 aromatic carbocycles. The zero-order valence-corrected chi connectivity index (χ0v) is 14.4. The van der Waals surface area contributed by atoms with E-state index in [9.17, 15) is 9.59 Å². The van der Waals surface area contributed by atoms with Crippen LogP contribution >= 0.6 is 0 Å². The number of carbonyl (C=O) groups is 2. The lowest BCUT2D eigenvalue weighted by molar-refractivity contribution is -0.159. The van der Waals surface area contributed by atoms with Gasteiger partial charge in [-0.1, -0.05) is 64.5 Å². The second-order valence-corrected chi connectivity index (χ2v) is 5.46. The van der Waals surface area contributed by atoms with Crippen LogP contribution in [0.4, 0.5) is 0 Å². The van der Waals surface area contributed by atoms with E-state index in [0.717, 1.165) is 51.4 Å². The number of unbranched alkanes of at least 4 members (excludes halogenated alkanes) is 6. The second kappa shape index (κ2) is 14.6. The standard InChI is InChI=1S/C18H32O4/c1-4-7-9-11-14-21-17(19)16(13-6-3)18(20)22-15-12-10-8-5-2/h6,13,16H,4-5,7-12,14-15H2,1-3H3/b13-6-. The van der Waals surface area contributed by atoms with Crippen molar-refractivity contribution in [3.8, 4) is 0 Å². The highest BCUT2D eigenvalue weighted by atomic mass is 16.6. The fraction of sp³-hybridized carbons (Fsp3) is 0.778. The van der Waals surface area contributed by atoms with E-state index in [-0.39, 0.29) is 0 Å². The quantitative estimate of drug-likeness (QED) is 0.218. The average Bonchev–Trinajstić information content (AvgIpc) is 2.51. The van der Waals surface area contributed by atoms with Gasteiger partial charge in [-0.25, -0.2) is 0 Å². The van der Waals surface area contributed by atoms with Crippen molar-refractivity contribution in [3.05, 3.63) is 12.2 Å². The van der Waals surface area contributed by atoms with E-state index in [0.29, 0.717) is 13.2 Å². The number of esters is 2. The van der Waals surface area contributed by atoms with Crippen LogP contribution in [0.3, 0.4) is 0 Å². The van der Waals surface area contributed by atoms with Crippen LogP contribution in [0, 0.1) is 5.92 Å². The van der Waals surface area contributed by atoms with Crippen molar-refractivity contribution >= 4 is 11.9 Å². The largest absolute Gasteiger partial charge is 0.465 e. The Bertz CT molecular complexity index is 297. The molecule has 0 spiro atoms. The van der Waals surface area contributed by atoms with Crippen LogP contribution < -0.4 is 0 Å². The molecule has 0 unspecified atom stereocenters. The van der Waals surface area contributed by atoms with E-state index >= 15 is 0 Å². The normalized spacial score (nSPS) is 11.1. The summed E-state index contributed by atoms with van der Waals surface area (Å²) in [4.78, 5) is 23.9. The monoisotopic (exact) mass is 312 g/mol. The molecule has 0 fully saturated rings. The van der Waals surface area contributed by atoms with Crippen LogP contribution in [0.1, 0.15) is 72.1 Å². The third-order valence-electron chi connectivity index (χ3n) is 3.38. The molecule has 0 aliphatic rings. The second-order valence-electron chi connectivity index (χ2n) is 5.46. The summed E-state index contributed by atoms with van der Waals surface area (Å²) in [5.74, 6) is -1.94. The topological polar surface area (TPSA) is 52.6 Å². The Kier molecular flexibility index (Phi) is 13.7. The van der Waals surface area contributed by atoms with Crippen LogP contribution in [-0.2, 0) is 19.1 Å². The Balaban J connectivity index is 4.09. The number of rotatable bonds is 13. The summed E-state index contributed by atoms with van der Waals surface area (Å²) >= 11 is 0. The number of ether oxygens (including phenoxy) is 2. The maximum atomic E-state index is 12.0. The van der Waals surface area contributed by atoms with Crippen molar-refractivity contribution in [1.29, 1.82) is 0 Å². The lowest BCUT2D eigenvalue weighted by Gasteiger charge is -2.12. The number of allylic oxidation sites excluding steroid dienone is 1. The lowest BCUT2D eigenvalue weighted by Crippen LogP contribution is -2.27. The molecule has 0 aliphatic carbocycles. The first-order valence-electron chi connectivity index (χ1n) is 8.63. The first kappa shape index (κ1) is 20.7. The molecule has 0 saturated heterocycles. The van der Waals surface area contributed by atoms with Gasteiger partial charge in [0.05, 0.1) is 13.2 Å². The highest BCUT2D eigenvalue weighted by Crippen LogP contribution is 2.09. The molecule has 0 amide bonds. The average molecular weight is 312 g/mol. The summed E-state index contributed by atoms with van der Waals surface area (Å²) in [5.41, 5.74) is 0. The molecule has 0 aliphatic heterocycles. The molecular formula is C18H32O4. The van der Waals surface area contributed by atoms with Gasteiger partial charge in [0.15, 0.2) is 5.92 Å². The van der Waals surface area contributed by atoms with Crippen LogP contribution in [0.5, 0.6) is 0 Å². The van der Waals surface area contributed by atoms with Crippen LogP contribution in [0.15, 0.2) is 12.2 Å². The lowest BCUT2D eigenvalue weighted by atomic mass is 10.1. The molecule has 4 heteroatoms. The van der Waals surface area contributed by atoms with Gasteiger partial charge in [-0.2, -0.15) is 0 Å². The van der Waals surface area contributed by atoms with Crippen LogP contribution in [-0.4, -0.2) is 25.2 Å². The zero-order chi connectivity index (χ0) is 16.6. The first-order chi connectivity index (χ1) is 10.7. The molecule has 22 heavy (non-hydrogen) atoms. The van der Waals surface area contributed by atoms with E-state index in [1.807, 2.05) is 0 Å². The Morgan fingerprint density at radius 3 is 1.64 bits per heavy atom. The highest BCUT2D eigenvalue weighted by Gasteiger charge is 2.26. The van der Waals surface area contributed by atoms with Crippen molar-refractivity contribution < 1.29 is 19.1 Å². The fourth-order valence-corrected chi connectivity index (χ4v) is 2.03. The summed E-state index contributed by atoms with van der Waals surface area (Å²) < 4.78 is 10.4. The molecule has 0 N–H and O–H groups in total. The summed E-state index contributed by atoms with van der Waals surface area (Å²) in [7, 11) is 0. The predicted molar refractivity (Wildman–Crippen MR) is 88.5 cm³/mol. The molecule has 0 heterocycles. The Labute approximate surface area is 135 Å². The van der Waals surface area contributed by atoms with Gasteiger partial charge in [0, 0.05) is 0 Å². The fourth-order valence-electron chi connectivity index (χ4n) is 2.03. The maximum absolute atomic E-state index is 12.0. The Hall–Kier alpha value is -1.32. The van der Waals surface area contributed by atoms with E-state index < -0.39 is 17.9 Å². The third-order valence-corrected chi connectivity index (χ3v) is 3.38. The maximum Gasteiger partial charge on any atom is 0.324 e. The molecule has 0 atom stereocenters. The van der Waals surface area contributed by atoms with Gasteiger partial charge in [0.1, 0.15) is 0 Å². The first-order valence-corrected chi connectivity index (χ1v) is 8.63. The SMILES string of the molecule is C/C=C\C(C(=O)OCCCCCC)C(=O)OCCCCCC. The summed E-state index contributed by atoms with van der Waals surface area (Å²) in [6.07, 6.45) is 11.5. The molecule has 0 rings (SSSR count). The van der Waals surface area contributed by atoms with E-state index in [1.165, 1.54) is 0 Å². The van der Waals surface area contributed by atoms with Crippen molar-refractivity contribution in [2.45, 2.75) is 72.1 Å². The van der Waals surface area contributed by atoms with E-state index in [2.05, 4.69) is 13.8 Å². The smallest absolute Gasteiger partial charge is 0.324 e. The number of hydrogen-bond donors (Lipinski definition) is 0. The van der Waals surface area contributed by atoms with Gasteiger partial charge in [0.25, 0.3) is 0 Å². The minimum absolute atomic E-state index is 0.372. The van der Waals surface area contributed by atoms with Gasteiger partial charge >= 0.3 is 11.9 Å². The van der Waals surface area contributed by atoms with E-state index in [4.69, 9.17) is 9.47 Å². The van der Waals surface area contributed by atoms with Gasteiger partial charge in [-0.3, -0.25) is 9.59 Å². The molecule has 0 radical (unpaired) electrons. The van der Waals surface area contributed by atoms with Crippen LogP contribution in [0.25, 0.3) is 0 Å². The molecule has 0 aromatic heterocycles. The van der Waals surface area contributed by atoms with Gasteiger partial charge in [-0.15, -0.1) is 0 Å². The highest BCUT2D eigenvalue weighted by molar-refractivity contribution is 5.96. The number of hydrogen-bond acceptors (Lipinski definition) is 4. The molecular weight excluding hydrogens is 280 g/mol. The number of carbonyl (C=O) groups excluding carboxylic acids is 2. The van der Waals surface area contributed by atoms with Crippen molar-refractivity contribution in [1.82, 2.24) is 0 Å². The molecule has 0 saturated carbocycles. The molecule has 0 bridgehead atoms.